The van der Waals surface area contributed by atoms with Gasteiger partial charge in [0.05, 0.1) is 32.0 Å². The summed E-state index contributed by atoms with van der Waals surface area (Å²) in [6.45, 7) is 7.64. The topological polar surface area (TPSA) is 68.4 Å². The second-order valence-electron chi connectivity index (χ2n) is 9.47. The maximum atomic E-state index is 12.2. The van der Waals surface area contributed by atoms with Crippen LogP contribution in [0.2, 0.25) is 0 Å². The van der Waals surface area contributed by atoms with Gasteiger partial charge in [-0.3, -0.25) is 14.2 Å². The number of aryl methyl sites for hydroxylation is 1. The molecule has 1 saturated heterocycles. The van der Waals surface area contributed by atoms with Gasteiger partial charge in [0.25, 0.3) is 0 Å². The predicted molar refractivity (Wildman–Crippen MR) is 126 cm³/mol. The van der Waals surface area contributed by atoms with Gasteiger partial charge in [-0.15, -0.1) is 0 Å². The van der Waals surface area contributed by atoms with Gasteiger partial charge in [-0.1, -0.05) is 13.0 Å². The summed E-state index contributed by atoms with van der Waals surface area (Å²) in [5.74, 6) is 1.58. The van der Waals surface area contributed by atoms with E-state index in [0.717, 1.165) is 37.3 Å². The summed E-state index contributed by atoms with van der Waals surface area (Å²) >= 11 is 0. The first-order valence-electron chi connectivity index (χ1n) is 11.9. The van der Waals surface area contributed by atoms with Crippen LogP contribution in [0.3, 0.4) is 0 Å². The Morgan fingerprint density at radius 1 is 1.24 bits per heavy atom. The molecule has 0 aliphatic carbocycles. The zero-order chi connectivity index (χ0) is 22.7. The number of aromatic nitrogens is 4. The second-order valence-corrected chi connectivity index (χ2v) is 9.47. The maximum Gasteiger partial charge on any atom is 0.219 e. The summed E-state index contributed by atoms with van der Waals surface area (Å²) in [4.78, 5) is 16.5. The third kappa shape index (κ3) is 3.27. The molecule has 8 nitrogen and oxygen atoms in total. The van der Waals surface area contributed by atoms with E-state index in [0.29, 0.717) is 31.7 Å². The molecule has 0 bridgehead atoms. The Morgan fingerprint density at radius 3 is 2.76 bits per heavy atom. The second kappa shape index (κ2) is 7.73. The van der Waals surface area contributed by atoms with Crippen LogP contribution >= 0.6 is 0 Å². The number of amides is 1. The van der Waals surface area contributed by atoms with Crippen LogP contribution in [0.4, 0.5) is 11.5 Å². The molecule has 0 spiro atoms. The molecule has 0 saturated carbocycles. The molecular weight excluding hydrogens is 416 g/mol. The molecule has 0 unspecified atom stereocenters. The quantitative estimate of drug-likeness (QED) is 0.614. The minimum Gasteiger partial charge on any atom is -0.377 e. The van der Waals surface area contributed by atoms with Crippen LogP contribution in [0, 0.1) is 0 Å². The number of benzene rings is 1. The summed E-state index contributed by atoms with van der Waals surface area (Å²) in [6.07, 6.45) is 5.89. The molecule has 6 rings (SSSR count). The van der Waals surface area contributed by atoms with Crippen molar-refractivity contribution in [1.29, 1.82) is 0 Å². The van der Waals surface area contributed by atoms with Crippen molar-refractivity contribution in [2.75, 3.05) is 31.2 Å². The van der Waals surface area contributed by atoms with Gasteiger partial charge in [0, 0.05) is 68.1 Å². The zero-order valence-electron chi connectivity index (χ0n) is 19.5. The van der Waals surface area contributed by atoms with Crippen molar-refractivity contribution >= 4 is 17.4 Å². The van der Waals surface area contributed by atoms with Gasteiger partial charge >= 0.3 is 0 Å². The standard InChI is InChI=1S/C25H30N6O2/c1-4-17-12-30(23-6-5-18(9-21(17)23)19-10-26-28(3)11-19)25-22-13-29(16(2)32)8-7-24(22)31(27-25)20-14-33-15-20/h5-6,9-11,17,20H,4,7-8,12-15H2,1-3H3/t17-/m1/s1. The van der Waals surface area contributed by atoms with E-state index in [2.05, 4.69) is 46.0 Å². The van der Waals surface area contributed by atoms with Crippen molar-refractivity contribution in [2.24, 2.45) is 7.05 Å². The number of carbonyl (C=O) groups excluding carboxylic acids is 1. The average molecular weight is 447 g/mol. The summed E-state index contributed by atoms with van der Waals surface area (Å²) in [7, 11) is 1.95. The van der Waals surface area contributed by atoms with E-state index < -0.39 is 0 Å². The van der Waals surface area contributed by atoms with Crippen molar-refractivity contribution < 1.29 is 9.53 Å². The van der Waals surface area contributed by atoms with Gasteiger partial charge in [0.15, 0.2) is 5.82 Å². The Labute approximate surface area is 193 Å². The SMILES string of the molecule is CC[C@@H]1CN(c2nn(C3COC3)c3c2CN(C(C)=O)CC3)c2ccc(-c3cnn(C)c3)cc21. The number of nitrogens with zero attached hydrogens (tertiary/aromatic N) is 6. The summed E-state index contributed by atoms with van der Waals surface area (Å²) < 4.78 is 9.51. The lowest BCUT2D eigenvalue weighted by molar-refractivity contribution is -0.129. The fraction of sp³-hybridized carbons (Fsp3) is 0.480. The Morgan fingerprint density at radius 2 is 2.09 bits per heavy atom. The Hall–Kier alpha value is -3.13. The van der Waals surface area contributed by atoms with Crippen LogP contribution in [0.25, 0.3) is 11.1 Å². The molecule has 33 heavy (non-hydrogen) atoms. The van der Waals surface area contributed by atoms with Gasteiger partial charge in [-0.25, -0.2) is 0 Å². The molecule has 3 aliphatic heterocycles. The molecule has 3 aromatic rings. The van der Waals surface area contributed by atoms with Gasteiger partial charge < -0.3 is 14.5 Å². The molecule has 2 aromatic heterocycles. The number of fused-ring (bicyclic) bond motifs is 2. The summed E-state index contributed by atoms with van der Waals surface area (Å²) in [5.41, 5.74) is 7.40. The smallest absolute Gasteiger partial charge is 0.219 e. The molecular formula is C25H30N6O2. The minimum absolute atomic E-state index is 0.126. The van der Waals surface area contributed by atoms with Crippen LogP contribution in [0.1, 0.15) is 49.0 Å². The summed E-state index contributed by atoms with van der Waals surface area (Å²) in [5, 5.41) is 9.49. The Kier molecular flexibility index (Phi) is 4.79. The fourth-order valence-corrected chi connectivity index (χ4v) is 5.42. The average Bonchev–Trinajstić information content (AvgIpc) is 3.47. The first-order valence-corrected chi connectivity index (χ1v) is 11.9. The number of ether oxygens (including phenoxy) is 1. The van der Waals surface area contributed by atoms with Crippen molar-refractivity contribution in [2.45, 2.75) is 45.2 Å². The van der Waals surface area contributed by atoms with Crippen molar-refractivity contribution in [1.82, 2.24) is 24.5 Å². The van der Waals surface area contributed by atoms with E-state index in [1.807, 2.05) is 22.8 Å². The highest BCUT2D eigenvalue weighted by Crippen LogP contribution is 2.46. The Balaban J connectivity index is 1.43. The number of hydrogen-bond acceptors (Lipinski definition) is 5. The van der Waals surface area contributed by atoms with E-state index in [1.165, 1.54) is 28.1 Å². The third-order valence-electron chi connectivity index (χ3n) is 7.42. The molecule has 1 aromatic carbocycles. The monoisotopic (exact) mass is 446 g/mol. The molecule has 1 amide bonds. The lowest BCUT2D eigenvalue weighted by Gasteiger charge is -2.31. The molecule has 3 aliphatic rings. The highest BCUT2D eigenvalue weighted by Gasteiger charge is 2.37. The van der Waals surface area contributed by atoms with Crippen LogP contribution < -0.4 is 4.90 Å². The van der Waals surface area contributed by atoms with E-state index in [-0.39, 0.29) is 5.91 Å². The van der Waals surface area contributed by atoms with Gasteiger partial charge in [-0.05, 0) is 29.7 Å². The first kappa shape index (κ1) is 20.5. The molecule has 0 radical (unpaired) electrons. The van der Waals surface area contributed by atoms with Crippen LogP contribution in [0.15, 0.2) is 30.6 Å². The molecule has 8 heteroatoms. The van der Waals surface area contributed by atoms with Gasteiger partial charge in [-0.2, -0.15) is 10.2 Å². The summed E-state index contributed by atoms with van der Waals surface area (Å²) in [6, 6.07) is 7.04. The van der Waals surface area contributed by atoms with E-state index >= 15 is 0 Å². The van der Waals surface area contributed by atoms with Crippen LogP contribution in [-0.2, 0) is 29.5 Å². The van der Waals surface area contributed by atoms with E-state index in [4.69, 9.17) is 9.84 Å². The van der Waals surface area contributed by atoms with Crippen molar-refractivity contribution in [3.05, 3.63) is 47.4 Å². The van der Waals surface area contributed by atoms with Gasteiger partial charge in [0.2, 0.25) is 5.91 Å². The molecule has 1 atom stereocenters. The van der Waals surface area contributed by atoms with Crippen molar-refractivity contribution in [3.8, 4) is 11.1 Å². The highest BCUT2D eigenvalue weighted by atomic mass is 16.5. The highest BCUT2D eigenvalue weighted by molar-refractivity contribution is 5.77. The van der Waals surface area contributed by atoms with Crippen LogP contribution in [0.5, 0.6) is 0 Å². The zero-order valence-corrected chi connectivity index (χ0v) is 19.5. The number of rotatable bonds is 4. The lowest BCUT2D eigenvalue weighted by Crippen LogP contribution is -2.37. The molecule has 0 N–H and O–H groups in total. The van der Waals surface area contributed by atoms with E-state index in [9.17, 15) is 4.79 Å². The van der Waals surface area contributed by atoms with Crippen LogP contribution in [-0.4, -0.2) is 56.7 Å². The fourth-order valence-electron chi connectivity index (χ4n) is 5.42. The van der Waals surface area contributed by atoms with Crippen molar-refractivity contribution in [3.63, 3.8) is 0 Å². The molecule has 5 heterocycles. The first-order chi connectivity index (χ1) is 16.0. The van der Waals surface area contributed by atoms with E-state index in [1.54, 1.807) is 6.92 Å². The number of hydrogen-bond donors (Lipinski definition) is 0. The van der Waals surface area contributed by atoms with Gasteiger partial charge in [0.1, 0.15) is 0 Å². The maximum absolute atomic E-state index is 12.2. The largest absolute Gasteiger partial charge is 0.377 e. The number of anilines is 2. The Bertz CT molecular complexity index is 1220. The molecule has 1 fully saturated rings. The third-order valence-corrected chi connectivity index (χ3v) is 7.42. The minimum atomic E-state index is 0.126. The normalized spacial score (nSPS) is 20.0. The predicted octanol–water partition coefficient (Wildman–Crippen LogP) is 3.40. The number of carbonyl (C=O) groups is 1. The molecule has 172 valence electrons. The lowest BCUT2D eigenvalue weighted by atomic mass is 9.95.